The minimum Gasteiger partial charge on any atom is -0.385 e. The molecule has 0 radical (unpaired) electrons. The Labute approximate surface area is 117 Å². The van der Waals surface area contributed by atoms with E-state index in [9.17, 15) is 0 Å². The lowest BCUT2D eigenvalue weighted by molar-refractivity contribution is 0.197. The number of ether oxygens (including phenoxy) is 1. The smallest absolute Gasteiger partial charge is 0.241 e. The minimum atomic E-state index is 0.530. The second-order valence-electron chi connectivity index (χ2n) is 4.06. The highest BCUT2D eigenvalue weighted by Crippen LogP contribution is 2.09. The average Bonchev–Trinajstić information content (AvgIpc) is 2.98. The molecule has 0 saturated carbocycles. The third-order valence-corrected chi connectivity index (χ3v) is 2.50. The van der Waals surface area contributed by atoms with Gasteiger partial charge >= 0.3 is 0 Å². The number of imidazole rings is 1. The summed E-state index contributed by atoms with van der Waals surface area (Å²) in [6.45, 7) is 4.18. The molecule has 108 valence electrons. The first-order valence-electron chi connectivity index (χ1n) is 6.54. The Balaban J connectivity index is 2.13. The summed E-state index contributed by atoms with van der Waals surface area (Å²) >= 11 is 0. The molecule has 0 aliphatic rings. The molecule has 0 aliphatic carbocycles. The van der Waals surface area contributed by atoms with Gasteiger partial charge in [0, 0.05) is 39.2 Å². The summed E-state index contributed by atoms with van der Waals surface area (Å²) in [5.74, 6) is 1.61. The molecule has 0 amide bonds. The van der Waals surface area contributed by atoms with Gasteiger partial charge in [-0.25, -0.2) is 4.98 Å². The standard InChI is InChI=1S/C12H19N7O/c1-3-14-10-16-11(15-5-4-8-20-2)18-12(17-10)19-7-6-13-9-19/h6-7,9H,3-5,8H2,1-2H3,(H2,14,15,16,17,18). The zero-order valence-corrected chi connectivity index (χ0v) is 11.7. The summed E-state index contributed by atoms with van der Waals surface area (Å²) in [6.07, 6.45) is 6.01. The number of rotatable bonds is 8. The predicted octanol–water partition coefficient (Wildman–Crippen LogP) is 0.937. The maximum absolute atomic E-state index is 5.01. The van der Waals surface area contributed by atoms with Gasteiger partial charge < -0.3 is 15.4 Å². The quantitative estimate of drug-likeness (QED) is 0.694. The minimum absolute atomic E-state index is 0.530. The Hall–Kier alpha value is -2.22. The van der Waals surface area contributed by atoms with E-state index in [1.807, 2.05) is 6.92 Å². The third kappa shape index (κ3) is 3.89. The molecule has 0 aliphatic heterocycles. The lowest BCUT2D eigenvalue weighted by Crippen LogP contribution is -2.13. The molecular formula is C12H19N7O. The molecule has 8 nitrogen and oxygen atoms in total. The summed E-state index contributed by atoms with van der Waals surface area (Å²) in [7, 11) is 1.68. The van der Waals surface area contributed by atoms with E-state index in [4.69, 9.17) is 4.74 Å². The van der Waals surface area contributed by atoms with Gasteiger partial charge in [-0.3, -0.25) is 4.57 Å². The number of anilines is 2. The summed E-state index contributed by atoms with van der Waals surface area (Å²) < 4.78 is 6.75. The average molecular weight is 277 g/mol. The zero-order chi connectivity index (χ0) is 14.2. The Kier molecular flexibility index (Phi) is 5.24. The molecule has 0 bridgehead atoms. The van der Waals surface area contributed by atoms with E-state index < -0.39 is 0 Å². The van der Waals surface area contributed by atoms with Gasteiger partial charge in [-0.15, -0.1) is 0 Å². The van der Waals surface area contributed by atoms with Crippen molar-refractivity contribution in [1.29, 1.82) is 0 Å². The molecular weight excluding hydrogens is 258 g/mol. The summed E-state index contributed by atoms with van der Waals surface area (Å²) in [5.41, 5.74) is 0. The number of nitrogens with one attached hydrogen (secondary N) is 2. The van der Waals surface area contributed by atoms with Crippen molar-refractivity contribution < 1.29 is 4.74 Å². The predicted molar refractivity (Wildman–Crippen MR) is 76.1 cm³/mol. The molecule has 0 unspecified atom stereocenters. The van der Waals surface area contributed by atoms with E-state index in [2.05, 4.69) is 30.6 Å². The highest BCUT2D eigenvalue weighted by atomic mass is 16.5. The topological polar surface area (TPSA) is 89.8 Å². The van der Waals surface area contributed by atoms with Gasteiger partial charge in [0.1, 0.15) is 6.33 Å². The number of methoxy groups -OCH3 is 1. The van der Waals surface area contributed by atoms with Crippen LogP contribution >= 0.6 is 0 Å². The van der Waals surface area contributed by atoms with Gasteiger partial charge in [-0.05, 0) is 13.3 Å². The molecule has 0 atom stereocenters. The fourth-order valence-electron chi connectivity index (χ4n) is 1.59. The van der Waals surface area contributed by atoms with Crippen LogP contribution in [0.3, 0.4) is 0 Å². The molecule has 2 aromatic heterocycles. The van der Waals surface area contributed by atoms with E-state index in [0.717, 1.165) is 19.5 Å². The first-order valence-corrected chi connectivity index (χ1v) is 6.54. The number of nitrogens with zero attached hydrogens (tertiary/aromatic N) is 5. The fraction of sp³-hybridized carbons (Fsp3) is 0.500. The largest absolute Gasteiger partial charge is 0.385 e. The molecule has 2 aromatic rings. The van der Waals surface area contributed by atoms with Crippen LogP contribution in [0.4, 0.5) is 11.9 Å². The Morgan fingerprint density at radius 2 is 2.00 bits per heavy atom. The highest BCUT2D eigenvalue weighted by Gasteiger charge is 2.07. The van der Waals surface area contributed by atoms with Gasteiger partial charge in [-0.2, -0.15) is 15.0 Å². The van der Waals surface area contributed by atoms with Crippen LogP contribution in [-0.4, -0.2) is 51.3 Å². The molecule has 2 N–H and O–H groups in total. The molecule has 0 saturated heterocycles. The highest BCUT2D eigenvalue weighted by molar-refractivity contribution is 5.37. The number of aromatic nitrogens is 5. The van der Waals surface area contributed by atoms with E-state index in [0.29, 0.717) is 24.5 Å². The van der Waals surface area contributed by atoms with Crippen LogP contribution in [0.15, 0.2) is 18.7 Å². The summed E-state index contributed by atoms with van der Waals surface area (Å²) in [6, 6.07) is 0. The van der Waals surface area contributed by atoms with Gasteiger partial charge in [0.25, 0.3) is 0 Å². The maximum Gasteiger partial charge on any atom is 0.241 e. The van der Waals surface area contributed by atoms with Crippen molar-refractivity contribution in [3.63, 3.8) is 0 Å². The van der Waals surface area contributed by atoms with Crippen molar-refractivity contribution in [2.45, 2.75) is 13.3 Å². The Morgan fingerprint density at radius 1 is 1.20 bits per heavy atom. The van der Waals surface area contributed by atoms with Crippen molar-refractivity contribution in [2.24, 2.45) is 0 Å². The monoisotopic (exact) mass is 277 g/mol. The van der Waals surface area contributed by atoms with E-state index in [-0.39, 0.29) is 0 Å². The fourth-order valence-corrected chi connectivity index (χ4v) is 1.59. The van der Waals surface area contributed by atoms with E-state index in [1.54, 1.807) is 30.4 Å². The summed E-state index contributed by atoms with van der Waals surface area (Å²) in [5, 5.41) is 6.26. The van der Waals surface area contributed by atoms with Crippen molar-refractivity contribution in [3.8, 4) is 5.95 Å². The van der Waals surface area contributed by atoms with Crippen LogP contribution in [0.5, 0.6) is 0 Å². The summed E-state index contributed by atoms with van der Waals surface area (Å²) in [4.78, 5) is 17.0. The number of hydrogen-bond acceptors (Lipinski definition) is 7. The van der Waals surface area contributed by atoms with Crippen molar-refractivity contribution in [3.05, 3.63) is 18.7 Å². The van der Waals surface area contributed by atoms with Crippen molar-refractivity contribution in [2.75, 3.05) is 37.4 Å². The van der Waals surface area contributed by atoms with E-state index >= 15 is 0 Å². The second-order valence-corrected chi connectivity index (χ2v) is 4.06. The van der Waals surface area contributed by atoms with Gasteiger partial charge in [0.05, 0.1) is 0 Å². The van der Waals surface area contributed by atoms with Crippen molar-refractivity contribution in [1.82, 2.24) is 24.5 Å². The normalized spacial score (nSPS) is 10.5. The van der Waals surface area contributed by atoms with Crippen LogP contribution in [0.2, 0.25) is 0 Å². The molecule has 20 heavy (non-hydrogen) atoms. The Morgan fingerprint density at radius 3 is 2.65 bits per heavy atom. The maximum atomic E-state index is 5.01. The Bertz CT molecular complexity index is 515. The van der Waals surface area contributed by atoms with E-state index in [1.165, 1.54) is 0 Å². The zero-order valence-electron chi connectivity index (χ0n) is 11.7. The van der Waals surface area contributed by atoms with Crippen LogP contribution in [0.1, 0.15) is 13.3 Å². The molecule has 0 aromatic carbocycles. The lowest BCUT2D eigenvalue weighted by atomic mass is 10.4. The van der Waals surface area contributed by atoms with Crippen LogP contribution < -0.4 is 10.6 Å². The van der Waals surface area contributed by atoms with Gasteiger partial charge in [-0.1, -0.05) is 0 Å². The van der Waals surface area contributed by atoms with Crippen molar-refractivity contribution >= 4 is 11.9 Å². The molecule has 2 heterocycles. The van der Waals surface area contributed by atoms with Crippen LogP contribution in [0.25, 0.3) is 5.95 Å². The SMILES string of the molecule is CCNc1nc(NCCCOC)nc(-n2ccnc2)n1. The first-order chi connectivity index (χ1) is 9.83. The first kappa shape index (κ1) is 14.2. The van der Waals surface area contributed by atoms with Gasteiger partial charge in [0.15, 0.2) is 0 Å². The van der Waals surface area contributed by atoms with Crippen LogP contribution in [0, 0.1) is 0 Å². The second kappa shape index (κ2) is 7.39. The van der Waals surface area contributed by atoms with Gasteiger partial charge in [0.2, 0.25) is 17.8 Å². The molecule has 0 fully saturated rings. The number of hydrogen-bond donors (Lipinski definition) is 2. The molecule has 0 spiro atoms. The van der Waals surface area contributed by atoms with Crippen LogP contribution in [-0.2, 0) is 4.74 Å². The lowest BCUT2D eigenvalue weighted by Gasteiger charge is -2.09. The third-order valence-electron chi connectivity index (χ3n) is 2.50. The molecule has 8 heteroatoms. The molecule has 2 rings (SSSR count).